The third-order valence-corrected chi connectivity index (χ3v) is 4.02. The van der Waals surface area contributed by atoms with E-state index in [4.69, 9.17) is 4.74 Å². The van der Waals surface area contributed by atoms with Crippen molar-refractivity contribution in [3.05, 3.63) is 35.6 Å². The van der Waals surface area contributed by atoms with Crippen LogP contribution >= 0.6 is 0 Å². The van der Waals surface area contributed by atoms with Gasteiger partial charge in [-0.3, -0.25) is 0 Å². The third kappa shape index (κ3) is 5.38. The quantitative estimate of drug-likeness (QED) is 0.876. The van der Waals surface area contributed by atoms with Crippen molar-refractivity contribution in [3.63, 3.8) is 0 Å². The third-order valence-electron chi connectivity index (χ3n) is 4.02. The molecule has 1 aliphatic heterocycles. The molecule has 4 heteroatoms. The number of piperidine rings is 1. The van der Waals surface area contributed by atoms with E-state index < -0.39 is 6.10 Å². The summed E-state index contributed by atoms with van der Waals surface area (Å²) in [4.78, 5) is 2.29. The maximum Gasteiger partial charge on any atom is 0.123 e. The minimum Gasteiger partial charge on any atom is -0.389 e. The first-order chi connectivity index (χ1) is 10.0. The first-order valence-electron chi connectivity index (χ1n) is 7.82. The lowest BCUT2D eigenvalue weighted by molar-refractivity contribution is -0.0111. The van der Waals surface area contributed by atoms with Gasteiger partial charge >= 0.3 is 0 Å². The van der Waals surface area contributed by atoms with E-state index >= 15 is 0 Å². The smallest absolute Gasteiger partial charge is 0.123 e. The first-order valence-corrected chi connectivity index (χ1v) is 7.82. The van der Waals surface area contributed by atoms with Crippen LogP contribution in [0, 0.1) is 5.82 Å². The van der Waals surface area contributed by atoms with Gasteiger partial charge in [0, 0.05) is 6.54 Å². The zero-order chi connectivity index (χ0) is 15.2. The summed E-state index contributed by atoms with van der Waals surface area (Å²) in [5.41, 5.74) is 1.22. The molecule has 3 nitrogen and oxygen atoms in total. The van der Waals surface area contributed by atoms with E-state index in [9.17, 15) is 9.50 Å². The van der Waals surface area contributed by atoms with Crippen molar-refractivity contribution in [2.45, 2.75) is 44.8 Å². The second kappa shape index (κ2) is 7.87. The van der Waals surface area contributed by atoms with Gasteiger partial charge in [0.25, 0.3) is 0 Å². The number of aliphatic hydroxyl groups excluding tert-OH is 1. The number of ether oxygens (including phenoxy) is 1. The minimum atomic E-state index is -0.422. The van der Waals surface area contributed by atoms with Crippen molar-refractivity contribution >= 4 is 0 Å². The molecule has 1 saturated heterocycles. The molecule has 1 heterocycles. The van der Waals surface area contributed by atoms with Crippen molar-refractivity contribution in [3.8, 4) is 0 Å². The monoisotopic (exact) mass is 295 g/mol. The molecule has 1 fully saturated rings. The van der Waals surface area contributed by atoms with Gasteiger partial charge in [-0.25, -0.2) is 4.39 Å². The molecule has 0 radical (unpaired) electrons. The van der Waals surface area contributed by atoms with Crippen LogP contribution in [0.3, 0.4) is 0 Å². The van der Waals surface area contributed by atoms with Gasteiger partial charge in [0.1, 0.15) is 5.82 Å². The SMILES string of the molecule is CC(C)OCC(O)CN1CCC(c2ccc(F)cc2)CC1. The number of benzene rings is 1. The summed E-state index contributed by atoms with van der Waals surface area (Å²) in [6.07, 6.45) is 1.85. The van der Waals surface area contributed by atoms with Gasteiger partial charge in [-0.15, -0.1) is 0 Å². The Bertz CT molecular complexity index is 413. The van der Waals surface area contributed by atoms with Crippen LogP contribution in [0.25, 0.3) is 0 Å². The minimum absolute atomic E-state index is 0.156. The largest absolute Gasteiger partial charge is 0.389 e. The topological polar surface area (TPSA) is 32.7 Å². The highest BCUT2D eigenvalue weighted by Gasteiger charge is 2.22. The fraction of sp³-hybridized carbons (Fsp3) is 0.647. The van der Waals surface area contributed by atoms with E-state index in [-0.39, 0.29) is 11.9 Å². The molecule has 0 amide bonds. The average molecular weight is 295 g/mol. The highest BCUT2D eigenvalue weighted by molar-refractivity contribution is 5.21. The predicted molar refractivity (Wildman–Crippen MR) is 81.9 cm³/mol. The lowest BCUT2D eigenvalue weighted by Gasteiger charge is -2.33. The summed E-state index contributed by atoms with van der Waals surface area (Å²) < 4.78 is 18.4. The maximum atomic E-state index is 12.9. The first kappa shape index (κ1) is 16.4. The Balaban J connectivity index is 1.74. The Kier molecular flexibility index (Phi) is 6.15. The molecule has 1 aromatic carbocycles. The van der Waals surface area contributed by atoms with Crippen molar-refractivity contribution in [2.75, 3.05) is 26.2 Å². The second-order valence-electron chi connectivity index (χ2n) is 6.16. The Morgan fingerprint density at radius 1 is 1.24 bits per heavy atom. The summed E-state index contributed by atoms with van der Waals surface area (Å²) in [6.45, 7) is 6.96. The van der Waals surface area contributed by atoms with Crippen LogP contribution in [0.4, 0.5) is 4.39 Å². The number of rotatable bonds is 6. The van der Waals surface area contributed by atoms with Crippen molar-refractivity contribution in [1.82, 2.24) is 4.90 Å². The molecule has 1 atom stereocenters. The Morgan fingerprint density at radius 3 is 2.43 bits per heavy atom. The molecule has 1 unspecified atom stereocenters. The van der Waals surface area contributed by atoms with Gasteiger partial charge in [0.2, 0.25) is 0 Å². The summed E-state index contributed by atoms with van der Waals surface area (Å²) in [5.74, 6) is 0.329. The Morgan fingerprint density at radius 2 is 1.86 bits per heavy atom. The number of nitrogens with zero attached hydrogens (tertiary/aromatic N) is 1. The van der Waals surface area contributed by atoms with Crippen molar-refractivity contribution in [1.29, 1.82) is 0 Å². The molecule has 0 aliphatic carbocycles. The molecule has 2 rings (SSSR count). The van der Waals surface area contributed by atoms with Crippen molar-refractivity contribution < 1.29 is 14.2 Å². The van der Waals surface area contributed by atoms with Gasteiger partial charge in [-0.2, -0.15) is 0 Å². The summed E-state index contributed by atoms with van der Waals surface area (Å²) >= 11 is 0. The molecule has 1 N–H and O–H groups in total. The molecule has 1 aromatic rings. The number of hydrogen-bond acceptors (Lipinski definition) is 3. The number of hydrogen-bond donors (Lipinski definition) is 1. The van der Waals surface area contributed by atoms with Crippen LogP contribution < -0.4 is 0 Å². The van der Waals surface area contributed by atoms with E-state index in [0.29, 0.717) is 19.1 Å². The molecule has 0 spiro atoms. The lowest BCUT2D eigenvalue weighted by Crippen LogP contribution is -2.40. The van der Waals surface area contributed by atoms with Gasteiger partial charge in [-0.05, 0) is 63.4 Å². The highest BCUT2D eigenvalue weighted by atomic mass is 19.1. The van der Waals surface area contributed by atoms with Crippen LogP contribution in [0.15, 0.2) is 24.3 Å². The molecule has 21 heavy (non-hydrogen) atoms. The summed E-state index contributed by atoms with van der Waals surface area (Å²) in [6, 6.07) is 6.85. The average Bonchev–Trinajstić information content (AvgIpc) is 2.47. The number of β-amino-alcohol motifs (C(OH)–C–C–N with tert-alkyl or cyclic N) is 1. The molecular weight excluding hydrogens is 269 g/mol. The van der Waals surface area contributed by atoms with Gasteiger partial charge in [0.05, 0.1) is 18.8 Å². The van der Waals surface area contributed by atoms with Crippen LogP contribution in [0.5, 0.6) is 0 Å². The fourth-order valence-corrected chi connectivity index (χ4v) is 2.84. The molecule has 0 saturated carbocycles. The van der Waals surface area contributed by atoms with Crippen LogP contribution in [-0.4, -0.2) is 48.5 Å². The normalized spacial score (nSPS) is 19.1. The van der Waals surface area contributed by atoms with Crippen LogP contribution in [0.2, 0.25) is 0 Å². The zero-order valence-corrected chi connectivity index (χ0v) is 13.0. The highest BCUT2D eigenvalue weighted by Crippen LogP contribution is 2.28. The van der Waals surface area contributed by atoms with E-state index in [0.717, 1.165) is 25.9 Å². The predicted octanol–water partition coefficient (Wildman–Crippen LogP) is 2.79. The number of halogens is 1. The maximum absolute atomic E-state index is 12.9. The van der Waals surface area contributed by atoms with Gasteiger partial charge < -0.3 is 14.7 Å². The second-order valence-corrected chi connectivity index (χ2v) is 6.16. The summed E-state index contributed by atoms with van der Waals surface area (Å²) in [5, 5.41) is 9.96. The molecular formula is C17H26FNO2. The Labute approximate surface area is 126 Å². The summed E-state index contributed by atoms with van der Waals surface area (Å²) in [7, 11) is 0. The van der Waals surface area contributed by atoms with E-state index in [2.05, 4.69) is 4.90 Å². The molecule has 1 aliphatic rings. The molecule has 0 aromatic heterocycles. The van der Waals surface area contributed by atoms with E-state index in [1.54, 1.807) is 0 Å². The molecule has 118 valence electrons. The number of likely N-dealkylation sites (tertiary alicyclic amines) is 1. The fourth-order valence-electron chi connectivity index (χ4n) is 2.84. The van der Waals surface area contributed by atoms with Gasteiger partial charge in [-0.1, -0.05) is 12.1 Å². The number of aliphatic hydroxyl groups is 1. The van der Waals surface area contributed by atoms with Gasteiger partial charge in [0.15, 0.2) is 0 Å². The van der Waals surface area contributed by atoms with E-state index in [1.165, 1.54) is 17.7 Å². The van der Waals surface area contributed by atoms with Crippen LogP contribution in [-0.2, 0) is 4.74 Å². The van der Waals surface area contributed by atoms with E-state index in [1.807, 2.05) is 26.0 Å². The lowest BCUT2D eigenvalue weighted by atomic mass is 9.89. The van der Waals surface area contributed by atoms with Crippen molar-refractivity contribution in [2.24, 2.45) is 0 Å². The molecule has 0 bridgehead atoms. The zero-order valence-electron chi connectivity index (χ0n) is 13.0. The standard InChI is InChI=1S/C17H26FNO2/c1-13(2)21-12-17(20)11-19-9-7-15(8-10-19)14-3-5-16(18)6-4-14/h3-6,13,15,17,20H,7-12H2,1-2H3. The van der Waals surface area contributed by atoms with Crippen LogP contribution in [0.1, 0.15) is 38.2 Å². The Hall–Kier alpha value is -0.970.